The van der Waals surface area contributed by atoms with Crippen LogP contribution in [0, 0.1) is 50.2 Å². The Morgan fingerprint density at radius 3 is 1.82 bits per heavy atom. The maximum absolute atomic E-state index is 14.8. The van der Waals surface area contributed by atoms with E-state index in [4.69, 9.17) is 37.9 Å². The quantitative estimate of drug-likeness (QED) is 0.0676. The van der Waals surface area contributed by atoms with Crippen LogP contribution in [0.25, 0.3) is 0 Å². The Morgan fingerprint density at radius 2 is 1.17 bits per heavy atom. The lowest BCUT2D eigenvalue weighted by atomic mass is 9.33. The van der Waals surface area contributed by atoms with Crippen molar-refractivity contribution in [1.82, 2.24) is 0 Å². The van der Waals surface area contributed by atoms with Crippen molar-refractivity contribution in [3.05, 3.63) is 11.6 Å². The van der Waals surface area contributed by atoms with Gasteiger partial charge in [-0.25, -0.2) is 4.79 Å². The predicted molar refractivity (Wildman–Crippen MR) is 262 cm³/mol. The molecule has 4 heterocycles. The van der Waals surface area contributed by atoms with E-state index in [0.29, 0.717) is 32.1 Å². The lowest BCUT2D eigenvalue weighted by Gasteiger charge is -2.71. The number of carbonyl (C=O) groups is 2. The zero-order valence-corrected chi connectivity index (χ0v) is 45.3. The number of hydrogen-bond donors (Lipinski definition) is 13. The lowest BCUT2D eigenvalue weighted by molar-refractivity contribution is -0.389. The minimum Gasteiger partial charge on any atom is -0.479 e. The fourth-order valence-electron chi connectivity index (χ4n) is 16.4. The van der Waals surface area contributed by atoms with Crippen LogP contribution in [0.2, 0.25) is 0 Å². The molecule has 0 spiro atoms. The maximum atomic E-state index is 14.8. The Labute approximate surface area is 448 Å². The van der Waals surface area contributed by atoms with Crippen LogP contribution in [0.1, 0.15) is 120 Å². The number of allylic oxidation sites excluding steroid dienone is 2. The van der Waals surface area contributed by atoms with Gasteiger partial charge in [-0.15, -0.1) is 0 Å². The van der Waals surface area contributed by atoms with E-state index in [-0.39, 0.29) is 39.4 Å². The predicted octanol–water partition coefficient (Wildman–Crippen LogP) is -0.915. The molecule has 0 radical (unpaired) electrons. The summed E-state index contributed by atoms with van der Waals surface area (Å²) in [7, 11) is 0. The van der Waals surface area contributed by atoms with Crippen LogP contribution in [-0.2, 0) is 47.5 Å². The fraction of sp³-hybridized carbons (Fsp3) is 0.926. The van der Waals surface area contributed by atoms with Gasteiger partial charge in [0.1, 0.15) is 85.5 Å². The fourth-order valence-corrected chi connectivity index (χ4v) is 16.4. The summed E-state index contributed by atoms with van der Waals surface area (Å²) < 4.78 is 47.5. The van der Waals surface area contributed by atoms with Gasteiger partial charge in [0.05, 0.1) is 30.8 Å². The largest absolute Gasteiger partial charge is 0.479 e. The van der Waals surface area contributed by atoms with E-state index in [9.17, 15) is 76.0 Å². The minimum atomic E-state index is -2.08. The van der Waals surface area contributed by atoms with Gasteiger partial charge in [-0.1, -0.05) is 60.1 Å². The molecule has 8 fully saturated rings. The number of esters is 1. The molecule has 0 aromatic rings. The van der Waals surface area contributed by atoms with Gasteiger partial charge >= 0.3 is 11.9 Å². The van der Waals surface area contributed by atoms with Crippen molar-refractivity contribution < 1.29 is 114 Å². The molecule has 28 atom stereocenters. The number of rotatable bonds is 11. The third kappa shape index (κ3) is 9.66. The maximum Gasteiger partial charge on any atom is 0.335 e. The molecule has 0 amide bonds. The number of hydrogen-bond acceptors (Lipinski definition) is 22. The molecule has 0 bridgehead atoms. The number of aliphatic hydroxyl groups excluding tert-OH is 12. The van der Waals surface area contributed by atoms with E-state index >= 15 is 0 Å². The molecular weight excluding hydrogens is 1020 g/mol. The molecule has 4 saturated carbocycles. The van der Waals surface area contributed by atoms with E-state index < -0.39 is 165 Å². The van der Waals surface area contributed by atoms with Gasteiger partial charge in [0.25, 0.3) is 0 Å². The van der Waals surface area contributed by atoms with Crippen molar-refractivity contribution in [2.24, 2.45) is 50.2 Å². The van der Waals surface area contributed by atoms with Gasteiger partial charge in [-0.2, -0.15) is 0 Å². The minimum absolute atomic E-state index is 0.0420. The molecule has 9 rings (SSSR count). The third-order valence-corrected chi connectivity index (χ3v) is 21.4. The first kappa shape index (κ1) is 59.5. The van der Waals surface area contributed by atoms with E-state index in [2.05, 4.69) is 54.5 Å². The molecule has 440 valence electrons. The van der Waals surface area contributed by atoms with Crippen molar-refractivity contribution in [3.8, 4) is 0 Å². The number of carboxylic acid groups (broad SMARTS) is 1. The Kier molecular flexibility index (Phi) is 16.5. The van der Waals surface area contributed by atoms with Gasteiger partial charge in [-0.3, -0.25) is 4.79 Å². The molecule has 77 heavy (non-hydrogen) atoms. The number of carboxylic acids is 1. The molecule has 13 N–H and O–H groups in total. The summed E-state index contributed by atoms with van der Waals surface area (Å²) in [5.41, 5.74) is -1.27. The van der Waals surface area contributed by atoms with Crippen molar-refractivity contribution >= 4 is 11.9 Å². The highest BCUT2D eigenvalue weighted by Gasteiger charge is 2.70. The zero-order chi connectivity index (χ0) is 56.4. The first-order chi connectivity index (χ1) is 35.9. The van der Waals surface area contributed by atoms with Gasteiger partial charge in [0.15, 0.2) is 25.0 Å². The Balaban J connectivity index is 0.944. The third-order valence-electron chi connectivity index (χ3n) is 21.4. The first-order valence-electron chi connectivity index (χ1n) is 27.7. The zero-order valence-electron chi connectivity index (χ0n) is 45.3. The van der Waals surface area contributed by atoms with E-state index in [1.54, 1.807) is 0 Å². The normalized spacial score (nSPS) is 53.4. The Hall–Kier alpha value is -2.08. The molecule has 0 unspecified atom stereocenters. The van der Waals surface area contributed by atoms with E-state index in [1.165, 1.54) is 12.5 Å². The van der Waals surface area contributed by atoms with Gasteiger partial charge < -0.3 is 104 Å². The summed E-state index contributed by atoms with van der Waals surface area (Å²) in [4.78, 5) is 27.5. The van der Waals surface area contributed by atoms with Gasteiger partial charge in [0, 0.05) is 0 Å². The highest BCUT2D eigenvalue weighted by molar-refractivity contribution is 5.79. The van der Waals surface area contributed by atoms with Crippen molar-refractivity contribution in [3.63, 3.8) is 0 Å². The Morgan fingerprint density at radius 1 is 0.584 bits per heavy atom. The smallest absolute Gasteiger partial charge is 0.335 e. The van der Waals surface area contributed by atoms with Crippen LogP contribution in [0.4, 0.5) is 0 Å². The number of aliphatic hydroxyl groups is 12. The SMILES string of the molecule is C[C@@H]1O[C@@H](O[C@H]2[C@H](O[C@@H]3[C@@H](O)[C@H](O[C@H]4CC[C@]5(C)[C@H]6CC=C7[C@@H]8CC(C)(C)CC[C@]8(C(=O)O[C@@H]8O[C@H](CO)[C@@H](O)[C@H](O)[C@H]8O)CC[C@@]7(C)[C@]6(C)CC[C@H]5C4(C)C)O[C@H](C(=O)O)[C@H]3O)O[C@H](CO)[C@H](O)[C@@H]2O)[C@H](O)[C@H](O)[C@H]1O. The number of fused-ring (bicyclic) bond motifs is 7. The second kappa shape index (κ2) is 21.3. The number of carbonyl (C=O) groups excluding carboxylic acids is 1. The standard InChI is InChI=1S/C54H86O23/c1-22-30(57)33(60)36(63)44(70-22)76-42-35(62)32(59)26(21-56)72-47(42)74-40-38(65)41(43(67)68)75-46(39(40)66)73-29-12-13-51(6)27(50(29,4)5)11-14-53(8)28(51)10-9-23-24-19-49(2,3)15-17-54(24,18-16-52(23,53)7)48(69)77-45-37(64)34(61)31(58)25(20-55)71-45/h9,22,24-42,44-47,55-66H,10-21H2,1-8H3,(H,67,68)/t22-,24-,25+,26+,27-,28+,29-,30-,31+,32-,33+,34-,35-,36+,37+,38-,39+,40-,41-,42+,44-,45-,46+,47-,51-,52+,53+,54-/m0/s1. The van der Waals surface area contributed by atoms with E-state index in [1.807, 2.05) is 0 Å². The van der Waals surface area contributed by atoms with Crippen molar-refractivity contribution in [1.29, 1.82) is 0 Å². The second-order valence-electron chi connectivity index (χ2n) is 26.3. The molecule has 0 aromatic heterocycles. The molecule has 5 aliphatic carbocycles. The number of aliphatic carboxylic acids is 1. The van der Waals surface area contributed by atoms with Crippen LogP contribution in [0.5, 0.6) is 0 Å². The van der Waals surface area contributed by atoms with Crippen LogP contribution in [-0.4, -0.2) is 220 Å². The number of ether oxygens (including phenoxy) is 8. The van der Waals surface area contributed by atoms with Crippen LogP contribution in [0.15, 0.2) is 11.6 Å². The molecule has 4 saturated heterocycles. The Bertz CT molecular complexity index is 2180. The monoisotopic (exact) mass is 1100 g/mol. The molecule has 23 nitrogen and oxygen atoms in total. The topological polar surface area (TPSA) is 371 Å². The summed E-state index contributed by atoms with van der Waals surface area (Å²) >= 11 is 0. The summed E-state index contributed by atoms with van der Waals surface area (Å²) in [6, 6.07) is 0. The van der Waals surface area contributed by atoms with Gasteiger partial charge in [-0.05, 0) is 116 Å². The van der Waals surface area contributed by atoms with Crippen molar-refractivity contribution in [2.45, 2.75) is 249 Å². The van der Waals surface area contributed by atoms with E-state index in [0.717, 1.165) is 32.1 Å². The first-order valence-corrected chi connectivity index (χ1v) is 27.7. The molecular formula is C54H86O23. The van der Waals surface area contributed by atoms with Crippen LogP contribution >= 0.6 is 0 Å². The lowest BCUT2D eigenvalue weighted by Crippen LogP contribution is -2.68. The van der Waals surface area contributed by atoms with Crippen LogP contribution in [0.3, 0.4) is 0 Å². The summed E-state index contributed by atoms with van der Waals surface area (Å²) in [6.45, 7) is 15.6. The summed E-state index contributed by atoms with van der Waals surface area (Å²) in [5, 5.41) is 139. The second-order valence-corrected chi connectivity index (χ2v) is 26.3. The summed E-state index contributed by atoms with van der Waals surface area (Å²) in [6.07, 6.45) is -25.9. The summed E-state index contributed by atoms with van der Waals surface area (Å²) in [5.74, 6) is -2.12. The highest BCUT2D eigenvalue weighted by Crippen LogP contribution is 2.76. The average Bonchev–Trinajstić information content (AvgIpc) is 3.39. The average molecular weight is 1100 g/mol. The highest BCUT2D eigenvalue weighted by atomic mass is 16.8. The molecule has 23 heteroatoms. The molecule has 9 aliphatic rings. The molecule has 0 aromatic carbocycles. The van der Waals surface area contributed by atoms with Gasteiger partial charge in [0.2, 0.25) is 6.29 Å². The van der Waals surface area contributed by atoms with Crippen LogP contribution < -0.4 is 0 Å². The molecule has 4 aliphatic heterocycles. The van der Waals surface area contributed by atoms with Crippen molar-refractivity contribution in [2.75, 3.05) is 13.2 Å².